The molecule has 0 bridgehead atoms. The summed E-state index contributed by atoms with van der Waals surface area (Å²) in [6.45, 7) is 2.67. The predicted octanol–water partition coefficient (Wildman–Crippen LogP) is 1.50. The van der Waals surface area contributed by atoms with Crippen molar-refractivity contribution in [2.24, 2.45) is 0 Å². The van der Waals surface area contributed by atoms with Crippen molar-refractivity contribution in [2.45, 2.75) is 38.4 Å². The van der Waals surface area contributed by atoms with Gasteiger partial charge in [-0.2, -0.15) is 11.3 Å². The van der Waals surface area contributed by atoms with Gasteiger partial charge in [0.05, 0.1) is 6.04 Å². The third-order valence-corrected chi connectivity index (χ3v) is 3.24. The summed E-state index contributed by atoms with van der Waals surface area (Å²) >= 11 is 1.68. The van der Waals surface area contributed by atoms with Crippen molar-refractivity contribution in [1.82, 2.24) is 10.6 Å². The number of nitrogens with one attached hydrogen (secondary N) is 2. The van der Waals surface area contributed by atoms with Gasteiger partial charge in [0.1, 0.15) is 0 Å². The summed E-state index contributed by atoms with van der Waals surface area (Å²) < 4.78 is 0. The van der Waals surface area contributed by atoms with E-state index in [0.29, 0.717) is 6.04 Å². The molecule has 0 radical (unpaired) electrons. The molecular weight excluding hydrogens is 208 g/mol. The van der Waals surface area contributed by atoms with Gasteiger partial charge in [-0.05, 0) is 42.2 Å². The Balaban J connectivity index is 1.71. The molecule has 1 aromatic heterocycles. The average molecular weight is 224 g/mol. The van der Waals surface area contributed by atoms with E-state index in [1.54, 1.807) is 11.3 Å². The minimum atomic E-state index is -0.106. The Bertz CT molecular complexity index is 319. The maximum absolute atomic E-state index is 11.6. The summed E-state index contributed by atoms with van der Waals surface area (Å²) in [6, 6.07) is 2.41. The lowest BCUT2D eigenvalue weighted by atomic mass is 10.2. The van der Waals surface area contributed by atoms with Crippen LogP contribution in [0.2, 0.25) is 0 Å². The standard InChI is InChI=1S/C11H16N2OS/c1-8(11(14)13-10-2-3-10)12-6-9-4-5-15-7-9/h4-5,7-8,10,12H,2-3,6H2,1H3,(H,13,14). The average Bonchev–Trinajstić information content (AvgIpc) is 2.88. The van der Waals surface area contributed by atoms with Gasteiger partial charge in [0.15, 0.2) is 0 Å². The van der Waals surface area contributed by atoms with Gasteiger partial charge in [-0.1, -0.05) is 0 Å². The normalized spacial score (nSPS) is 17.4. The number of hydrogen-bond donors (Lipinski definition) is 2. The number of carbonyl (C=O) groups excluding carboxylic acids is 1. The number of hydrogen-bond acceptors (Lipinski definition) is 3. The van der Waals surface area contributed by atoms with Gasteiger partial charge < -0.3 is 10.6 Å². The van der Waals surface area contributed by atoms with Crippen LogP contribution < -0.4 is 10.6 Å². The van der Waals surface area contributed by atoms with E-state index in [1.807, 2.05) is 12.3 Å². The Kier molecular flexibility index (Phi) is 3.38. The first-order valence-electron chi connectivity index (χ1n) is 5.30. The van der Waals surface area contributed by atoms with Crippen LogP contribution in [0.3, 0.4) is 0 Å². The minimum Gasteiger partial charge on any atom is -0.352 e. The van der Waals surface area contributed by atoms with Gasteiger partial charge in [-0.15, -0.1) is 0 Å². The maximum Gasteiger partial charge on any atom is 0.237 e. The second-order valence-corrected chi connectivity index (χ2v) is 4.80. The van der Waals surface area contributed by atoms with Crippen LogP contribution in [-0.4, -0.2) is 18.0 Å². The minimum absolute atomic E-state index is 0.106. The topological polar surface area (TPSA) is 41.1 Å². The Morgan fingerprint density at radius 2 is 2.47 bits per heavy atom. The lowest BCUT2D eigenvalue weighted by Crippen LogP contribution is -2.42. The molecular formula is C11H16N2OS. The van der Waals surface area contributed by atoms with Gasteiger partial charge in [0.2, 0.25) is 5.91 Å². The molecule has 2 rings (SSSR count). The van der Waals surface area contributed by atoms with Crippen molar-refractivity contribution in [1.29, 1.82) is 0 Å². The largest absolute Gasteiger partial charge is 0.352 e. The van der Waals surface area contributed by atoms with Crippen LogP contribution >= 0.6 is 11.3 Å². The number of carbonyl (C=O) groups is 1. The Morgan fingerprint density at radius 1 is 1.67 bits per heavy atom. The molecule has 1 aliphatic rings. The monoisotopic (exact) mass is 224 g/mol. The van der Waals surface area contributed by atoms with Crippen LogP contribution in [0.5, 0.6) is 0 Å². The predicted molar refractivity (Wildman–Crippen MR) is 61.8 cm³/mol. The number of amides is 1. The van der Waals surface area contributed by atoms with Crippen LogP contribution in [0.25, 0.3) is 0 Å². The Morgan fingerprint density at radius 3 is 3.07 bits per heavy atom. The van der Waals surface area contributed by atoms with Crippen molar-refractivity contribution in [3.63, 3.8) is 0 Å². The zero-order valence-electron chi connectivity index (χ0n) is 8.82. The van der Waals surface area contributed by atoms with E-state index in [9.17, 15) is 4.79 Å². The summed E-state index contributed by atoms with van der Waals surface area (Å²) in [7, 11) is 0. The summed E-state index contributed by atoms with van der Waals surface area (Å²) in [5.74, 6) is 0.118. The molecule has 1 fully saturated rings. The molecule has 2 N–H and O–H groups in total. The van der Waals surface area contributed by atoms with Crippen LogP contribution in [0.15, 0.2) is 16.8 Å². The SMILES string of the molecule is CC(NCc1ccsc1)C(=O)NC1CC1. The summed E-state index contributed by atoms with van der Waals surface area (Å²) in [5.41, 5.74) is 1.24. The Hall–Kier alpha value is -0.870. The fourth-order valence-electron chi connectivity index (χ4n) is 1.31. The summed E-state index contributed by atoms with van der Waals surface area (Å²) in [4.78, 5) is 11.6. The van der Waals surface area contributed by atoms with E-state index in [-0.39, 0.29) is 11.9 Å². The molecule has 3 nitrogen and oxygen atoms in total. The van der Waals surface area contributed by atoms with Gasteiger partial charge in [-0.25, -0.2) is 0 Å². The highest BCUT2D eigenvalue weighted by Crippen LogP contribution is 2.18. The van der Waals surface area contributed by atoms with E-state index in [1.165, 1.54) is 5.56 Å². The highest BCUT2D eigenvalue weighted by Gasteiger charge is 2.25. The number of rotatable bonds is 5. The first-order valence-corrected chi connectivity index (χ1v) is 6.25. The molecule has 0 aromatic carbocycles. The molecule has 1 aromatic rings. The third-order valence-electron chi connectivity index (χ3n) is 2.51. The van der Waals surface area contributed by atoms with Crippen molar-refractivity contribution in [3.8, 4) is 0 Å². The van der Waals surface area contributed by atoms with Gasteiger partial charge in [0, 0.05) is 12.6 Å². The summed E-state index contributed by atoms with van der Waals surface area (Å²) in [6.07, 6.45) is 2.28. The van der Waals surface area contributed by atoms with E-state index in [2.05, 4.69) is 22.1 Å². The molecule has 0 spiro atoms. The second-order valence-electron chi connectivity index (χ2n) is 4.02. The second kappa shape index (κ2) is 4.77. The van der Waals surface area contributed by atoms with Gasteiger partial charge in [0.25, 0.3) is 0 Å². The van der Waals surface area contributed by atoms with Gasteiger partial charge in [-0.3, -0.25) is 4.79 Å². The molecule has 1 unspecified atom stereocenters. The smallest absolute Gasteiger partial charge is 0.237 e. The fraction of sp³-hybridized carbons (Fsp3) is 0.545. The number of thiophene rings is 1. The fourth-order valence-corrected chi connectivity index (χ4v) is 1.98. The van der Waals surface area contributed by atoms with Crippen molar-refractivity contribution < 1.29 is 4.79 Å². The molecule has 4 heteroatoms. The van der Waals surface area contributed by atoms with Crippen LogP contribution in [-0.2, 0) is 11.3 Å². The van der Waals surface area contributed by atoms with Crippen LogP contribution in [0.1, 0.15) is 25.3 Å². The van der Waals surface area contributed by atoms with Crippen LogP contribution in [0.4, 0.5) is 0 Å². The van der Waals surface area contributed by atoms with E-state index >= 15 is 0 Å². The highest BCUT2D eigenvalue weighted by atomic mass is 32.1. The molecule has 15 heavy (non-hydrogen) atoms. The lowest BCUT2D eigenvalue weighted by Gasteiger charge is -2.12. The Labute approximate surface area is 93.9 Å². The van der Waals surface area contributed by atoms with Gasteiger partial charge >= 0.3 is 0 Å². The molecule has 1 heterocycles. The molecule has 1 atom stereocenters. The highest BCUT2D eigenvalue weighted by molar-refractivity contribution is 7.07. The van der Waals surface area contributed by atoms with Crippen molar-refractivity contribution in [2.75, 3.05) is 0 Å². The zero-order valence-corrected chi connectivity index (χ0v) is 9.64. The van der Waals surface area contributed by atoms with Crippen molar-refractivity contribution >= 4 is 17.2 Å². The quantitative estimate of drug-likeness (QED) is 0.796. The summed E-state index contributed by atoms with van der Waals surface area (Å²) in [5, 5.41) is 10.3. The maximum atomic E-state index is 11.6. The molecule has 82 valence electrons. The molecule has 1 aliphatic carbocycles. The third kappa shape index (κ3) is 3.32. The van der Waals surface area contributed by atoms with E-state index in [0.717, 1.165) is 19.4 Å². The lowest BCUT2D eigenvalue weighted by molar-refractivity contribution is -0.122. The van der Waals surface area contributed by atoms with Crippen molar-refractivity contribution in [3.05, 3.63) is 22.4 Å². The molecule has 0 saturated heterocycles. The molecule has 1 amide bonds. The van der Waals surface area contributed by atoms with E-state index in [4.69, 9.17) is 0 Å². The first kappa shape index (κ1) is 10.6. The first-order chi connectivity index (χ1) is 7.25. The van der Waals surface area contributed by atoms with E-state index < -0.39 is 0 Å². The zero-order chi connectivity index (χ0) is 10.7. The molecule has 1 saturated carbocycles. The van der Waals surface area contributed by atoms with Crippen LogP contribution in [0, 0.1) is 0 Å². The molecule has 0 aliphatic heterocycles.